The molecule has 0 saturated heterocycles. The topological polar surface area (TPSA) is 108 Å². The van der Waals surface area contributed by atoms with E-state index in [2.05, 4.69) is 10.5 Å². The third-order valence-electron chi connectivity index (χ3n) is 2.17. The fourth-order valence-electron chi connectivity index (χ4n) is 1.28. The number of nitrogens with two attached hydrogens (primary N) is 1. The molecule has 0 radical (unpaired) electrons. The summed E-state index contributed by atoms with van der Waals surface area (Å²) in [7, 11) is 0. The Kier molecular flexibility index (Phi) is 4.80. The van der Waals surface area contributed by atoms with Crippen molar-refractivity contribution < 1.29 is 15.1 Å². The summed E-state index contributed by atoms with van der Waals surface area (Å²) in [6.07, 6.45) is 0.965. The number of hydrogen-bond acceptors (Lipinski definition) is 4. The van der Waals surface area contributed by atoms with E-state index in [9.17, 15) is 9.90 Å². The number of carbonyl (C=O) groups is 1. The average Bonchev–Trinajstić information content (AvgIpc) is 2.34. The van der Waals surface area contributed by atoms with Crippen LogP contribution in [0, 0.1) is 0 Å². The second-order valence-corrected chi connectivity index (χ2v) is 3.47. The van der Waals surface area contributed by atoms with Crippen LogP contribution in [0.3, 0.4) is 0 Å². The van der Waals surface area contributed by atoms with Crippen LogP contribution in [0.1, 0.15) is 23.2 Å². The summed E-state index contributed by atoms with van der Waals surface area (Å²) in [6.45, 7) is 0.392. The second kappa shape index (κ2) is 6.37. The minimum Gasteiger partial charge on any atom is -0.507 e. The molecule has 0 aromatic heterocycles. The van der Waals surface area contributed by atoms with Gasteiger partial charge in [0, 0.05) is 13.0 Å². The number of phenols is 1. The Morgan fingerprint density at radius 1 is 1.41 bits per heavy atom. The molecule has 0 aliphatic carbocycles. The number of nitrogens with one attached hydrogen (secondary N) is 1. The first-order valence-corrected chi connectivity index (χ1v) is 5.17. The monoisotopic (exact) mass is 237 g/mol. The highest BCUT2D eigenvalue weighted by Crippen LogP contribution is 2.14. The number of carbonyl (C=O) groups excluding carboxylic acids is 1. The number of nitrogens with zero attached hydrogens (tertiary/aromatic N) is 1. The minimum atomic E-state index is -0.345. The van der Waals surface area contributed by atoms with Gasteiger partial charge >= 0.3 is 0 Å². The molecule has 1 aromatic carbocycles. The van der Waals surface area contributed by atoms with Gasteiger partial charge in [0.2, 0.25) is 0 Å². The third-order valence-corrected chi connectivity index (χ3v) is 2.17. The van der Waals surface area contributed by atoms with Gasteiger partial charge in [-0.1, -0.05) is 17.3 Å². The maximum atomic E-state index is 11.6. The summed E-state index contributed by atoms with van der Waals surface area (Å²) in [6, 6.07) is 6.30. The van der Waals surface area contributed by atoms with E-state index in [-0.39, 0.29) is 23.1 Å². The number of phenolic OH excluding ortho intramolecular Hbond substituents is 1. The van der Waals surface area contributed by atoms with E-state index in [0.29, 0.717) is 19.4 Å². The van der Waals surface area contributed by atoms with E-state index in [0.717, 1.165) is 0 Å². The van der Waals surface area contributed by atoms with Gasteiger partial charge in [-0.3, -0.25) is 4.79 Å². The predicted molar refractivity (Wildman–Crippen MR) is 63.1 cm³/mol. The highest BCUT2D eigenvalue weighted by molar-refractivity contribution is 5.96. The molecule has 0 bridgehead atoms. The largest absolute Gasteiger partial charge is 0.507 e. The lowest BCUT2D eigenvalue weighted by molar-refractivity contribution is 0.0950. The van der Waals surface area contributed by atoms with Crippen molar-refractivity contribution >= 4 is 11.7 Å². The molecule has 5 N–H and O–H groups in total. The molecular formula is C11H15N3O3. The van der Waals surface area contributed by atoms with Gasteiger partial charge in [0.15, 0.2) is 0 Å². The van der Waals surface area contributed by atoms with Crippen LogP contribution in [0.2, 0.25) is 0 Å². The molecule has 0 aliphatic rings. The van der Waals surface area contributed by atoms with Crippen LogP contribution >= 0.6 is 0 Å². The summed E-state index contributed by atoms with van der Waals surface area (Å²) in [5.41, 5.74) is 5.51. The first-order chi connectivity index (χ1) is 8.15. The van der Waals surface area contributed by atoms with Crippen molar-refractivity contribution in [2.24, 2.45) is 10.9 Å². The number of amides is 1. The molecule has 0 atom stereocenters. The molecule has 1 aromatic rings. The van der Waals surface area contributed by atoms with Crippen molar-refractivity contribution in [2.45, 2.75) is 12.8 Å². The van der Waals surface area contributed by atoms with Crippen LogP contribution < -0.4 is 11.1 Å². The molecule has 6 nitrogen and oxygen atoms in total. The Bertz CT molecular complexity index is 418. The van der Waals surface area contributed by atoms with E-state index < -0.39 is 0 Å². The lowest BCUT2D eigenvalue weighted by Gasteiger charge is -2.06. The van der Waals surface area contributed by atoms with Gasteiger partial charge in [0.1, 0.15) is 11.6 Å². The van der Waals surface area contributed by atoms with Crippen molar-refractivity contribution in [1.29, 1.82) is 0 Å². The van der Waals surface area contributed by atoms with Gasteiger partial charge in [0.05, 0.1) is 5.56 Å². The molecule has 0 spiro atoms. The first kappa shape index (κ1) is 12.8. The van der Waals surface area contributed by atoms with Gasteiger partial charge in [-0.25, -0.2) is 0 Å². The van der Waals surface area contributed by atoms with Crippen molar-refractivity contribution in [3.8, 4) is 5.75 Å². The van der Waals surface area contributed by atoms with Gasteiger partial charge in [0.25, 0.3) is 5.91 Å². The Morgan fingerprint density at radius 2 is 2.12 bits per heavy atom. The summed E-state index contributed by atoms with van der Waals surface area (Å²) in [5, 5.41) is 23.2. The quantitative estimate of drug-likeness (QED) is 0.198. The van der Waals surface area contributed by atoms with Crippen LogP contribution in [0.25, 0.3) is 0 Å². The molecule has 92 valence electrons. The fraction of sp³-hybridized carbons (Fsp3) is 0.273. The fourth-order valence-corrected chi connectivity index (χ4v) is 1.28. The zero-order valence-corrected chi connectivity index (χ0v) is 9.26. The van der Waals surface area contributed by atoms with Gasteiger partial charge in [-0.05, 0) is 18.6 Å². The number of hydrogen-bond donors (Lipinski definition) is 4. The maximum absolute atomic E-state index is 11.6. The summed E-state index contributed by atoms with van der Waals surface area (Å²) >= 11 is 0. The van der Waals surface area contributed by atoms with Crippen molar-refractivity contribution in [3.05, 3.63) is 29.8 Å². The SMILES string of the molecule is NC(CCCNC(=O)c1ccccc1O)=NO. The van der Waals surface area contributed by atoms with Gasteiger partial charge in [-0.2, -0.15) is 0 Å². The summed E-state index contributed by atoms with van der Waals surface area (Å²) in [5.74, 6) is -0.272. The molecule has 0 unspecified atom stereocenters. The zero-order valence-electron chi connectivity index (χ0n) is 9.26. The molecule has 1 rings (SSSR count). The number of para-hydroxylation sites is 1. The molecular weight excluding hydrogens is 222 g/mol. The van der Waals surface area contributed by atoms with E-state index >= 15 is 0 Å². The van der Waals surface area contributed by atoms with Gasteiger partial charge in [-0.15, -0.1) is 0 Å². The lowest BCUT2D eigenvalue weighted by Crippen LogP contribution is -2.25. The predicted octanol–water partition coefficient (Wildman–Crippen LogP) is 0.649. The normalized spacial score (nSPS) is 11.2. The van der Waals surface area contributed by atoms with Crippen LogP contribution in [-0.4, -0.2) is 28.6 Å². The van der Waals surface area contributed by atoms with Crippen LogP contribution in [-0.2, 0) is 0 Å². The van der Waals surface area contributed by atoms with Crippen molar-refractivity contribution in [3.63, 3.8) is 0 Å². The number of benzene rings is 1. The number of oxime groups is 1. The Labute approximate surface area is 98.7 Å². The van der Waals surface area contributed by atoms with Crippen LogP contribution in [0.5, 0.6) is 5.75 Å². The molecule has 0 aliphatic heterocycles. The maximum Gasteiger partial charge on any atom is 0.255 e. The Morgan fingerprint density at radius 3 is 2.76 bits per heavy atom. The summed E-state index contributed by atoms with van der Waals surface area (Å²) < 4.78 is 0. The first-order valence-electron chi connectivity index (χ1n) is 5.17. The Balaban J connectivity index is 2.38. The number of aromatic hydroxyl groups is 1. The molecule has 1 amide bonds. The van der Waals surface area contributed by atoms with E-state index in [1.807, 2.05) is 0 Å². The second-order valence-electron chi connectivity index (χ2n) is 3.47. The molecule has 17 heavy (non-hydrogen) atoms. The number of amidine groups is 1. The Hall–Kier alpha value is -2.24. The van der Waals surface area contributed by atoms with Crippen molar-refractivity contribution in [1.82, 2.24) is 5.32 Å². The highest BCUT2D eigenvalue weighted by Gasteiger charge is 2.08. The zero-order chi connectivity index (χ0) is 12.7. The van der Waals surface area contributed by atoms with E-state index in [4.69, 9.17) is 10.9 Å². The van der Waals surface area contributed by atoms with E-state index in [1.54, 1.807) is 12.1 Å². The standard InChI is InChI=1S/C11H15N3O3/c12-10(14-17)6-3-7-13-11(16)8-4-1-2-5-9(8)15/h1-2,4-5,15,17H,3,6-7H2,(H2,12,14)(H,13,16). The molecule has 0 fully saturated rings. The number of rotatable bonds is 5. The average molecular weight is 237 g/mol. The lowest BCUT2D eigenvalue weighted by atomic mass is 10.2. The minimum absolute atomic E-state index is 0.0542. The summed E-state index contributed by atoms with van der Waals surface area (Å²) in [4.78, 5) is 11.6. The highest BCUT2D eigenvalue weighted by atomic mass is 16.4. The third kappa shape index (κ3) is 4.02. The van der Waals surface area contributed by atoms with Gasteiger partial charge < -0.3 is 21.4 Å². The van der Waals surface area contributed by atoms with Crippen LogP contribution in [0.15, 0.2) is 29.4 Å². The molecule has 0 saturated carbocycles. The molecule has 0 heterocycles. The smallest absolute Gasteiger partial charge is 0.255 e. The van der Waals surface area contributed by atoms with Crippen LogP contribution in [0.4, 0.5) is 0 Å². The molecule has 6 heteroatoms. The van der Waals surface area contributed by atoms with E-state index in [1.165, 1.54) is 12.1 Å². The van der Waals surface area contributed by atoms with Crippen molar-refractivity contribution in [2.75, 3.05) is 6.54 Å².